The zero-order valence-electron chi connectivity index (χ0n) is 27.1. The van der Waals surface area contributed by atoms with Crippen LogP contribution in [0.4, 0.5) is 9.59 Å². The maximum Gasteiger partial charge on any atom is 0.411 e. The number of hydrogen-bond donors (Lipinski definition) is 0. The van der Waals surface area contributed by atoms with E-state index in [2.05, 4.69) is 0 Å². The van der Waals surface area contributed by atoms with Gasteiger partial charge in [-0.15, -0.1) is 0 Å². The van der Waals surface area contributed by atoms with Gasteiger partial charge in [0.25, 0.3) is 0 Å². The van der Waals surface area contributed by atoms with Crippen LogP contribution in [0.25, 0.3) is 0 Å². The zero-order chi connectivity index (χ0) is 32.7. The molecular weight excluding hydrogens is 564 g/mol. The number of methoxy groups -OCH3 is 2. The van der Waals surface area contributed by atoms with Crippen LogP contribution in [0.3, 0.4) is 0 Å². The normalized spacial score (nSPS) is 21.5. The summed E-state index contributed by atoms with van der Waals surface area (Å²) in [6.07, 6.45) is 0.481. The van der Waals surface area contributed by atoms with E-state index in [-0.39, 0.29) is 11.8 Å². The molecule has 0 N–H and O–H groups in total. The average molecular weight is 611 g/mol. The molecule has 2 aliphatic rings. The van der Waals surface area contributed by atoms with E-state index in [1.54, 1.807) is 0 Å². The Bertz CT molecular complexity index is 1170. The molecule has 0 radical (unpaired) electrons. The molecule has 2 saturated heterocycles. The monoisotopic (exact) mass is 610 g/mol. The highest BCUT2D eigenvalue weighted by Gasteiger charge is 2.46. The van der Waals surface area contributed by atoms with Crippen LogP contribution < -0.4 is 0 Å². The third kappa shape index (κ3) is 8.97. The summed E-state index contributed by atoms with van der Waals surface area (Å²) < 4.78 is 20.6. The molecule has 10 heteroatoms. The van der Waals surface area contributed by atoms with Crippen LogP contribution in [0.5, 0.6) is 0 Å². The number of ether oxygens (including phenoxy) is 4. The van der Waals surface area contributed by atoms with Crippen molar-refractivity contribution in [3.05, 3.63) is 71.8 Å². The molecular formula is C34H46N2O8. The number of rotatable bonds is 4. The SMILES string of the molecule is COC(=O)[C@@H]1[C@H](c2ccccc2)CCN1C(=O)OC(C)(C)C.COC(=O)[C@H]1[C@@H](c2ccccc2)CCN1C(=O)OC(C)(C)C. The number of esters is 2. The minimum atomic E-state index is -0.637. The molecule has 2 aliphatic heterocycles. The Morgan fingerprint density at radius 3 is 1.18 bits per heavy atom. The van der Waals surface area contributed by atoms with E-state index in [0.29, 0.717) is 25.9 Å². The van der Waals surface area contributed by atoms with E-state index in [1.807, 2.05) is 102 Å². The van der Waals surface area contributed by atoms with Crippen molar-refractivity contribution in [1.82, 2.24) is 9.80 Å². The van der Waals surface area contributed by atoms with Gasteiger partial charge in [0, 0.05) is 24.9 Å². The Morgan fingerprint density at radius 2 is 0.909 bits per heavy atom. The second kappa shape index (κ2) is 14.6. The van der Waals surface area contributed by atoms with Crippen LogP contribution in [0.2, 0.25) is 0 Å². The summed E-state index contributed by atoms with van der Waals surface area (Å²) in [5.74, 6) is -0.947. The molecule has 0 bridgehead atoms. The zero-order valence-corrected chi connectivity index (χ0v) is 27.1. The number of carbonyl (C=O) groups is 4. The fraction of sp³-hybridized carbons (Fsp3) is 0.529. The summed E-state index contributed by atoms with van der Waals surface area (Å²) in [5, 5.41) is 0. The smallest absolute Gasteiger partial charge is 0.411 e. The molecule has 0 unspecified atom stereocenters. The van der Waals surface area contributed by atoms with Gasteiger partial charge in [0.2, 0.25) is 0 Å². The van der Waals surface area contributed by atoms with Gasteiger partial charge in [-0.3, -0.25) is 9.80 Å². The standard InChI is InChI=1S/2C17H23NO4/c2*1-17(2,3)22-16(20)18-11-10-13(14(18)15(19)21-4)12-8-6-5-7-9-12/h2*5-9,13-14H,10-11H2,1-4H3/t2*13-,14-/m10/s1. The molecule has 10 nitrogen and oxygen atoms in total. The highest BCUT2D eigenvalue weighted by atomic mass is 16.6. The van der Waals surface area contributed by atoms with Crippen molar-refractivity contribution in [3.8, 4) is 0 Å². The van der Waals surface area contributed by atoms with Crippen LogP contribution in [0, 0.1) is 0 Å². The van der Waals surface area contributed by atoms with Gasteiger partial charge in [0.05, 0.1) is 14.2 Å². The van der Waals surface area contributed by atoms with Gasteiger partial charge in [-0.1, -0.05) is 60.7 Å². The highest BCUT2D eigenvalue weighted by molar-refractivity contribution is 5.84. The van der Waals surface area contributed by atoms with Crippen LogP contribution >= 0.6 is 0 Å². The molecule has 0 aliphatic carbocycles. The summed E-state index contributed by atoms with van der Waals surface area (Å²) in [5.41, 5.74) is 0.874. The number of benzene rings is 2. The van der Waals surface area contributed by atoms with E-state index in [1.165, 1.54) is 24.0 Å². The summed E-state index contributed by atoms with van der Waals surface area (Å²) in [4.78, 5) is 52.1. The van der Waals surface area contributed by atoms with Crippen molar-refractivity contribution in [2.24, 2.45) is 0 Å². The molecule has 0 spiro atoms. The maximum atomic E-state index is 12.4. The number of nitrogens with zero attached hydrogens (tertiary/aromatic N) is 2. The Balaban J connectivity index is 0.000000240. The summed E-state index contributed by atoms with van der Waals surface area (Å²) in [6, 6.07) is 18.2. The Hall–Kier alpha value is -4.08. The van der Waals surface area contributed by atoms with E-state index in [9.17, 15) is 19.2 Å². The molecule has 2 aromatic carbocycles. The lowest BCUT2D eigenvalue weighted by atomic mass is 9.92. The van der Waals surface area contributed by atoms with Crippen LogP contribution in [0.15, 0.2) is 60.7 Å². The van der Waals surface area contributed by atoms with Crippen molar-refractivity contribution < 1.29 is 38.1 Å². The molecule has 0 aromatic heterocycles. The summed E-state index contributed by atoms with van der Waals surface area (Å²) in [6.45, 7) is 11.8. The van der Waals surface area contributed by atoms with Gasteiger partial charge in [-0.05, 0) is 65.5 Å². The largest absolute Gasteiger partial charge is 0.467 e. The van der Waals surface area contributed by atoms with Crippen LogP contribution in [-0.2, 0) is 28.5 Å². The number of carbonyl (C=O) groups excluding carboxylic acids is 4. The van der Waals surface area contributed by atoms with Gasteiger partial charge in [0.1, 0.15) is 23.3 Å². The van der Waals surface area contributed by atoms with Crippen molar-refractivity contribution in [1.29, 1.82) is 0 Å². The lowest BCUT2D eigenvalue weighted by Gasteiger charge is -2.29. The van der Waals surface area contributed by atoms with Crippen LogP contribution in [-0.4, -0.2) is 84.5 Å². The summed E-state index contributed by atoms with van der Waals surface area (Å²) in [7, 11) is 2.69. The minimum absolute atomic E-state index is 0.0684. The fourth-order valence-corrected chi connectivity index (χ4v) is 5.56. The second-order valence-corrected chi connectivity index (χ2v) is 12.9. The Labute approximate surface area is 260 Å². The Morgan fingerprint density at radius 1 is 0.591 bits per heavy atom. The molecule has 2 heterocycles. The predicted molar refractivity (Wildman–Crippen MR) is 165 cm³/mol. The van der Waals surface area contributed by atoms with Gasteiger partial charge in [-0.2, -0.15) is 0 Å². The van der Waals surface area contributed by atoms with Crippen molar-refractivity contribution >= 4 is 24.1 Å². The van der Waals surface area contributed by atoms with E-state index in [4.69, 9.17) is 18.9 Å². The third-order valence-electron chi connectivity index (χ3n) is 7.39. The molecule has 240 valence electrons. The molecule has 4 rings (SSSR count). The van der Waals surface area contributed by atoms with Gasteiger partial charge < -0.3 is 18.9 Å². The quantitative estimate of drug-likeness (QED) is 0.311. The first-order valence-corrected chi connectivity index (χ1v) is 14.9. The van der Waals surface area contributed by atoms with Crippen LogP contribution in [0.1, 0.15) is 77.3 Å². The lowest BCUT2D eigenvalue weighted by Crippen LogP contribution is -2.45. The molecule has 4 atom stereocenters. The van der Waals surface area contributed by atoms with E-state index >= 15 is 0 Å². The molecule has 0 saturated carbocycles. The average Bonchev–Trinajstić information content (AvgIpc) is 3.62. The molecule has 2 aromatic rings. The van der Waals surface area contributed by atoms with Gasteiger partial charge >= 0.3 is 24.1 Å². The first-order chi connectivity index (χ1) is 20.7. The first kappa shape index (κ1) is 34.4. The number of amides is 2. The molecule has 2 amide bonds. The Kier molecular flexibility index (Phi) is 11.4. The predicted octanol–water partition coefficient (Wildman–Crippen LogP) is 5.91. The first-order valence-electron chi connectivity index (χ1n) is 14.9. The topological polar surface area (TPSA) is 112 Å². The second-order valence-electron chi connectivity index (χ2n) is 12.9. The third-order valence-corrected chi connectivity index (χ3v) is 7.39. The lowest BCUT2D eigenvalue weighted by molar-refractivity contribution is -0.146. The fourth-order valence-electron chi connectivity index (χ4n) is 5.56. The number of hydrogen-bond acceptors (Lipinski definition) is 8. The highest BCUT2D eigenvalue weighted by Crippen LogP contribution is 2.36. The maximum absolute atomic E-state index is 12.4. The van der Waals surface area contributed by atoms with E-state index < -0.39 is 47.4 Å². The van der Waals surface area contributed by atoms with Crippen molar-refractivity contribution in [3.63, 3.8) is 0 Å². The molecule has 2 fully saturated rings. The minimum Gasteiger partial charge on any atom is -0.467 e. The molecule has 44 heavy (non-hydrogen) atoms. The summed E-state index contributed by atoms with van der Waals surface area (Å²) >= 11 is 0. The van der Waals surface area contributed by atoms with Crippen molar-refractivity contribution in [2.75, 3.05) is 27.3 Å². The van der Waals surface area contributed by atoms with Crippen molar-refractivity contribution in [2.45, 2.75) is 89.5 Å². The van der Waals surface area contributed by atoms with Gasteiger partial charge in [0.15, 0.2) is 0 Å². The van der Waals surface area contributed by atoms with Gasteiger partial charge in [-0.25, -0.2) is 19.2 Å². The number of likely N-dealkylation sites (tertiary alicyclic amines) is 2. The van der Waals surface area contributed by atoms with E-state index in [0.717, 1.165) is 11.1 Å².